The second-order valence-electron chi connectivity index (χ2n) is 6.59. The first-order valence-corrected chi connectivity index (χ1v) is 12.2. The second-order valence-corrected chi connectivity index (χ2v) is 10.3. The van der Waals surface area contributed by atoms with Crippen LogP contribution in [-0.2, 0) is 10.0 Å². The zero-order chi connectivity index (χ0) is 20.4. The Morgan fingerprint density at radius 3 is 2.28 bits per heavy atom. The van der Waals surface area contributed by atoms with Gasteiger partial charge in [-0.25, -0.2) is 13.4 Å². The van der Waals surface area contributed by atoms with Crippen LogP contribution in [0.2, 0.25) is 0 Å². The highest BCUT2D eigenvalue weighted by Gasteiger charge is 2.29. The minimum absolute atomic E-state index is 0.324. The van der Waals surface area contributed by atoms with Gasteiger partial charge in [0.15, 0.2) is 5.13 Å². The van der Waals surface area contributed by atoms with E-state index in [1.54, 1.807) is 47.0 Å². The molecule has 2 aromatic carbocycles. The summed E-state index contributed by atoms with van der Waals surface area (Å²) in [6, 6.07) is 14.6. The number of hydrogen-bond acceptors (Lipinski definition) is 6. The van der Waals surface area contributed by atoms with Crippen molar-refractivity contribution in [3.05, 3.63) is 58.4 Å². The summed E-state index contributed by atoms with van der Waals surface area (Å²) in [5, 5.41) is 2.94. The van der Waals surface area contributed by atoms with Crippen molar-refractivity contribution >= 4 is 42.4 Å². The zero-order valence-electron chi connectivity index (χ0n) is 15.8. The molecule has 0 unspecified atom stereocenters. The van der Waals surface area contributed by atoms with Gasteiger partial charge in [-0.05, 0) is 48.5 Å². The molecule has 0 N–H and O–H groups in total. The summed E-state index contributed by atoms with van der Waals surface area (Å²) in [6.45, 7) is 2.11. The molecule has 1 fully saturated rings. The van der Waals surface area contributed by atoms with E-state index in [0.29, 0.717) is 31.1 Å². The van der Waals surface area contributed by atoms with E-state index >= 15 is 0 Å². The number of sulfonamides is 1. The van der Waals surface area contributed by atoms with Gasteiger partial charge < -0.3 is 9.64 Å². The highest BCUT2D eigenvalue weighted by Crippen LogP contribution is 2.30. The quantitative estimate of drug-likeness (QED) is 0.535. The minimum Gasteiger partial charge on any atom is -0.497 e. The van der Waals surface area contributed by atoms with Crippen LogP contribution in [0.5, 0.6) is 5.75 Å². The predicted molar refractivity (Wildman–Crippen MR) is 119 cm³/mol. The van der Waals surface area contributed by atoms with Gasteiger partial charge in [0, 0.05) is 41.6 Å². The van der Waals surface area contributed by atoms with E-state index in [4.69, 9.17) is 9.72 Å². The largest absolute Gasteiger partial charge is 0.497 e. The topological polar surface area (TPSA) is 62.7 Å². The van der Waals surface area contributed by atoms with Crippen molar-refractivity contribution in [2.75, 3.05) is 38.2 Å². The molecule has 0 spiro atoms. The third-order valence-electron chi connectivity index (χ3n) is 4.84. The molecule has 0 saturated carbocycles. The number of methoxy groups -OCH3 is 1. The van der Waals surface area contributed by atoms with Gasteiger partial charge in [0.05, 0.1) is 17.7 Å². The number of ether oxygens (including phenoxy) is 1. The number of thiazole rings is 1. The summed E-state index contributed by atoms with van der Waals surface area (Å²) in [6.07, 6.45) is 0. The van der Waals surface area contributed by atoms with Gasteiger partial charge in [0.2, 0.25) is 10.0 Å². The molecule has 29 heavy (non-hydrogen) atoms. The molecular weight excluding hydrogens is 474 g/mol. The lowest BCUT2D eigenvalue weighted by Crippen LogP contribution is -2.48. The summed E-state index contributed by atoms with van der Waals surface area (Å²) in [7, 11) is -1.83. The Kier molecular flexibility index (Phi) is 5.91. The average molecular weight is 494 g/mol. The fourth-order valence-corrected chi connectivity index (χ4v) is 5.75. The Morgan fingerprint density at radius 1 is 1.00 bits per heavy atom. The van der Waals surface area contributed by atoms with Gasteiger partial charge in [0.1, 0.15) is 5.75 Å². The van der Waals surface area contributed by atoms with Crippen LogP contribution < -0.4 is 9.64 Å². The highest BCUT2D eigenvalue weighted by molar-refractivity contribution is 9.10. The van der Waals surface area contributed by atoms with Crippen LogP contribution in [0.1, 0.15) is 0 Å². The number of piperazine rings is 1. The van der Waals surface area contributed by atoms with E-state index < -0.39 is 10.0 Å². The first-order chi connectivity index (χ1) is 14.0. The Bertz CT molecular complexity index is 1070. The van der Waals surface area contributed by atoms with Crippen LogP contribution in [0.3, 0.4) is 0 Å². The molecule has 1 saturated heterocycles. The van der Waals surface area contributed by atoms with Crippen LogP contribution >= 0.6 is 27.3 Å². The van der Waals surface area contributed by atoms with E-state index in [0.717, 1.165) is 26.6 Å². The van der Waals surface area contributed by atoms with Crippen LogP contribution in [0.25, 0.3) is 11.3 Å². The standard InChI is InChI=1S/C20H20BrN3O3S2/c1-27-17-6-2-15(3-7-17)19-14-28-20(22-19)23-10-12-24(13-11-23)29(25,26)18-8-4-16(21)5-9-18/h2-9,14H,10-13H2,1H3. The predicted octanol–water partition coefficient (Wildman–Crippen LogP) is 4.09. The van der Waals surface area contributed by atoms with Crippen molar-refractivity contribution in [3.63, 3.8) is 0 Å². The first kappa shape index (κ1) is 20.3. The maximum atomic E-state index is 12.9. The fourth-order valence-electron chi connectivity index (χ4n) is 3.18. The van der Waals surface area contributed by atoms with Crippen LogP contribution in [0, 0.1) is 0 Å². The molecule has 1 aliphatic heterocycles. The molecular formula is C20H20BrN3O3S2. The van der Waals surface area contributed by atoms with Crippen LogP contribution in [0.15, 0.2) is 63.3 Å². The lowest BCUT2D eigenvalue weighted by atomic mass is 10.2. The molecule has 1 aliphatic rings. The summed E-state index contributed by atoms with van der Waals surface area (Å²) in [5.74, 6) is 0.812. The third-order valence-corrected chi connectivity index (χ3v) is 8.18. The van der Waals surface area contributed by atoms with E-state index in [1.807, 2.05) is 29.6 Å². The third kappa shape index (κ3) is 4.32. The Hall–Kier alpha value is -1.94. The van der Waals surface area contributed by atoms with Crippen molar-refractivity contribution in [1.29, 1.82) is 0 Å². The van der Waals surface area contributed by atoms with E-state index in [9.17, 15) is 8.42 Å². The fraction of sp³-hybridized carbons (Fsp3) is 0.250. The Morgan fingerprint density at radius 2 is 1.66 bits per heavy atom. The molecule has 2 heterocycles. The minimum atomic E-state index is -3.47. The molecule has 0 aliphatic carbocycles. The van der Waals surface area contributed by atoms with Gasteiger partial charge in [-0.3, -0.25) is 0 Å². The van der Waals surface area contributed by atoms with Crippen molar-refractivity contribution in [1.82, 2.24) is 9.29 Å². The maximum absolute atomic E-state index is 12.9. The number of halogens is 1. The second kappa shape index (κ2) is 8.43. The average Bonchev–Trinajstić information content (AvgIpc) is 3.24. The number of benzene rings is 2. The van der Waals surface area contributed by atoms with Crippen molar-refractivity contribution < 1.29 is 13.2 Å². The zero-order valence-corrected chi connectivity index (χ0v) is 19.0. The molecule has 1 aromatic heterocycles. The van der Waals surface area contributed by atoms with Gasteiger partial charge in [-0.15, -0.1) is 11.3 Å². The molecule has 9 heteroatoms. The summed E-state index contributed by atoms with van der Waals surface area (Å²) in [5.41, 5.74) is 1.95. The SMILES string of the molecule is COc1ccc(-c2csc(N3CCN(S(=O)(=O)c4ccc(Br)cc4)CC3)n2)cc1. The molecule has 4 rings (SSSR count). The molecule has 0 atom stereocenters. The van der Waals surface area contributed by atoms with Gasteiger partial charge in [-0.2, -0.15) is 4.31 Å². The number of rotatable bonds is 5. The number of hydrogen-bond donors (Lipinski definition) is 0. The van der Waals surface area contributed by atoms with Gasteiger partial charge in [0.25, 0.3) is 0 Å². The van der Waals surface area contributed by atoms with E-state index in [2.05, 4.69) is 20.8 Å². The summed E-state index contributed by atoms with van der Waals surface area (Å²) < 4.78 is 33.3. The van der Waals surface area contributed by atoms with Gasteiger partial charge >= 0.3 is 0 Å². The van der Waals surface area contributed by atoms with Gasteiger partial charge in [-0.1, -0.05) is 15.9 Å². The van der Waals surface area contributed by atoms with Crippen molar-refractivity contribution in [2.24, 2.45) is 0 Å². The smallest absolute Gasteiger partial charge is 0.243 e. The number of nitrogens with zero attached hydrogens (tertiary/aromatic N) is 3. The number of anilines is 1. The lowest BCUT2D eigenvalue weighted by Gasteiger charge is -2.33. The monoisotopic (exact) mass is 493 g/mol. The summed E-state index contributed by atoms with van der Waals surface area (Å²) in [4.78, 5) is 7.21. The van der Waals surface area contributed by atoms with E-state index in [1.165, 1.54) is 0 Å². The number of aromatic nitrogens is 1. The highest BCUT2D eigenvalue weighted by atomic mass is 79.9. The first-order valence-electron chi connectivity index (χ1n) is 9.08. The van der Waals surface area contributed by atoms with Crippen molar-refractivity contribution in [2.45, 2.75) is 4.90 Å². The van der Waals surface area contributed by atoms with Crippen LogP contribution in [0.4, 0.5) is 5.13 Å². The van der Waals surface area contributed by atoms with Crippen molar-refractivity contribution in [3.8, 4) is 17.0 Å². The molecule has 6 nitrogen and oxygen atoms in total. The van der Waals surface area contributed by atoms with Crippen LogP contribution in [-0.4, -0.2) is 51.0 Å². The Balaban J connectivity index is 1.43. The normalized spacial score (nSPS) is 15.4. The summed E-state index contributed by atoms with van der Waals surface area (Å²) >= 11 is 4.92. The maximum Gasteiger partial charge on any atom is 0.243 e. The van der Waals surface area contributed by atoms with E-state index in [-0.39, 0.29) is 0 Å². The molecule has 3 aromatic rings. The molecule has 0 bridgehead atoms. The lowest BCUT2D eigenvalue weighted by molar-refractivity contribution is 0.385. The molecule has 152 valence electrons. The molecule has 0 amide bonds. The molecule has 0 radical (unpaired) electrons. The Labute approximate surface area is 182 Å².